The number of carbonyl (C=O) groups is 1. The first kappa shape index (κ1) is 26.8. The molecule has 190 valence electrons. The zero-order chi connectivity index (χ0) is 26.4. The van der Waals surface area contributed by atoms with Gasteiger partial charge in [-0.1, -0.05) is 35.3 Å². The Hall–Kier alpha value is -3.26. The van der Waals surface area contributed by atoms with Gasteiger partial charge in [0.25, 0.3) is 5.91 Å². The van der Waals surface area contributed by atoms with Gasteiger partial charge in [0.1, 0.15) is 12.4 Å². The molecular formula is C28H23Cl2FN2O3S. The summed E-state index contributed by atoms with van der Waals surface area (Å²) in [5.74, 6) is 0.529. The third kappa shape index (κ3) is 6.95. The van der Waals surface area contributed by atoms with Gasteiger partial charge in [0.2, 0.25) is 0 Å². The third-order valence-corrected chi connectivity index (χ3v) is 6.84. The number of aliphatic imine (C=N–C) groups is 1. The zero-order valence-electron chi connectivity index (χ0n) is 19.9. The molecule has 0 unspecified atom stereocenters. The molecule has 0 spiro atoms. The van der Waals surface area contributed by atoms with Crippen molar-refractivity contribution < 1.29 is 18.7 Å². The molecule has 1 amide bonds. The van der Waals surface area contributed by atoms with Gasteiger partial charge in [-0.15, -0.1) is 6.58 Å². The predicted molar refractivity (Wildman–Crippen MR) is 150 cm³/mol. The van der Waals surface area contributed by atoms with Gasteiger partial charge in [0.05, 0.1) is 27.2 Å². The Morgan fingerprint density at radius 2 is 1.86 bits per heavy atom. The maximum Gasteiger partial charge on any atom is 0.264 e. The number of rotatable bonds is 9. The van der Waals surface area contributed by atoms with E-state index in [4.69, 9.17) is 32.7 Å². The first-order valence-corrected chi connectivity index (χ1v) is 13.0. The van der Waals surface area contributed by atoms with Crippen molar-refractivity contribution in [2.75, 3.05) is 6.61 Å². The van der Waals surface area contributed by atoms with Gasteiger partial charge in [-0.25, -0.2) is 9.38 Å². The van der Waals surface area contributed by atoms with Gasteiger partial charge >= 0.3 is 0 Å². The molecule has 1 aliphatic rings. The summed E-state index contributed by atoms with van der Waals surface area (Å²) >= 11 is 13.4. The van der Waals surface area contributed by atoms with Crippen LogP contribution < -0.4 is 14.8 Å². The second kappa shape index (κ2) is 12.3. The quantitative estimate of drug-likeness (QED) is 0.216. The number of amidine groups is 1. The van der Waals surface area contributed by atoms with E-state index < -0.39 is 0 Å². The number of allylic oxidation sites excluding steroid dienone is 1. The fraction of sp³-hybridized carbons (Fsp3) is 0.143. The van der Waals surface area contributed by atoms with Crippen molar-refractivity contribution in [3.8, 4) is 11.5 Å². The number of benzene rings is 3. The van der Waals surface area contributed by atoms with Crippen molar-refractivity contribution in [2.24, 2.45) is 4.99 Å². The predicted octanol–water partition coefficient (Wildman–Crippen LogP) is 7.73. The summed E-state index contributed by atoms with van der Waals surface area (Å²) in [7, 11) is 0. The smallest absolute Gasteiger partial charge is 0.264 e. The lowest BCUT2D eigenvalue weighted by Crippen LogP contribution is -2.19. The maximum atomic E-state index is 13.2. The minimum Gasteiger partial charge on any atom is -0.490 e. The summed E-state index contributed by atoms with van der Waals surface area (Å²) in [5, 5.41) is 4.09. The lowest BCUT2D eigenvalue weighted by molar-refractivity contribution is -0.115. The van der Waals surface area contributed by atoms with E-state index in [-0.39, 0.29) is 18.3 Å². The number of thioether (sulfide) groups is 1. The Labute approximate surface area is 229 Å². The van der Waals surface area contributed by atoms with Crippen LogP contribution in [0.1, 0.15) is 23.6 Å². The fourth-order valence-electron chi connectivity index (χ4n) is 3.55. The van der Waals surface area contributed by atoms with Crippen LogP contribution in [0.15, 0.2) is 77.1 Å². The summed E-state index contributed by atoms with van der Waals surface area (Å²) in [5.41, 5.74) is 3.03. The second-order valence-electron chi connectivity index (χ2n) is 7.93. The van der Waals surface area contributed by atoms with E-state index in [0.717, 1.165) is 16.7 Å². The van der Waals surface area contributed by atoms with Crippen LogP contribution in [-0.4, -0.2) is 17.7 Å². The summed E-state index contributed by atoms with van der Waals surface area (Å²) in [4.78, 5) is 17.4. The maximum absolute atomic E-state index is 13.2. The van der Waals surface area contributed by atoms with Crippen molar-refractivity contribution in [1.82, 2.24) is 5.32 Å². The van der Waals surface area contributed by atoms with Crippen molar-refractivity contribution in [2.45, 2.75) is 20.0 Å². The van der Waals surface area contributed by atoms with Crippen LogP contribution in [0.2, 0.25) is 10.0 Å². The number of nitrogens with one attached hydrogen (secondary N) is 1. The van der Waals surface area contributed by atoms with E-state index in [1.807, 2.05) is 25.1 Å². The minimum absolute atomic E-state index is 0.267. The highest BCUT2D eigenvalue weighted by Gasteiger charge is 2.24. The molecule has 1 N–H and O–H groups in total. The number of carbonyl (C=O) groups excluding carboxylic acids is 1. The number of hydrogen-bond donors (Lipinski definition) is 1. The molecule has 1 saturated heterocycles. The molecule has 4 rings (SSSR count). The highest BCUT2D eigenvalue weighted by Crippen LogP contribution is 2.37. The molecular weight excluding hydrogens is 534 g/mol. The average molecular weight is 557 g/mol. The lowest BCUT2D eigenvalue weighted by Gasteiger charge is -2.17. The Bertz CT molecular complexity index is 1390. The van der Waals surface area contributed by atoms with Crippen LogP contribution in [0.5, 0.6) is 11.5 Å². The van der Waals surface area contributed by atoms with Gasteiger partial charge in [-0.3, -0.25) is 4.79 Å². The molecule has 0 saturated carbocycles. The third-order valence-electron chi connectivity index (χ3n) is 5.19. The molecule has 0 aromatic heterocycles. The molecule has 3 aromatic rings. The van der Waals surface area contributed by atoms with E-state index in [1.165, 1.54) is 23.9 Å². The largest absolute Gasteiger partial charge is 0.490 e. The van der Waals surface area contributed by atoms with Gasteiger partial charge in [-0.2, -0.15) is 0 Å². The van der Waals surface area contributed by atoms with Crippen LogP contribution in [-0.2, 0) is 17.8 Å². The van der Waals surface area contributed by atoms with E-state index in [9.17, 15) is 9.18 Å². The van der Waals surface area contributed by atoms with Crippen molar-refractivity contribution >= 4 is 57.8 Å². The van der Waals surface area contributed by atoms with E-state index in [1.54, 1.807) is 36.4 Å². The molecule has 0 radical (unpaired) electrons. The number of hydrogen-bond acceptors (Lipinski definition) is 5. The first-order chi connectivity index (χ1) is 17.9. The zero-order valence-corrected chi connectivity index (χ0v) is 22.2. The monoisotopic (exact) mass is 556 g/mol. The van der Waals surface area contributed by atoms with Gasteiger partial charge < -0.3 is 14.8 Å². The lowest BCUT2D eigenvalue weighted by atomic mass is 10.0. The molecule has 0 bridgehead atoms. The highest BCUT2D eigenvalue weighted by atomic mass is 35.5. The van der Waals surface area contributed by atoms with Crippen LogP contribution in [0.25, 0.3) is 6.08 Å². The molecule has 9 heteroatoms. The summed E-state index contributed by atoms with van der Waals surface area (Å²) in [6, 6.07) is 14.8. The second-order valence-corrected chi connectivity index (χ2v) is 9.77. The van der Waals surface area contributed by atoms with Crippen LogP contribution >= 0.6 is 35.0 Å². The van der Waals surface area contributed by atoms with Crippen molar-refractivity contribution in [1.29, 1.82) is 0 Å². The number of nitrogens with zero attached hydrogens (tertiary/aromatic N) is 1. The molecule has 0 aliphatic carbocycles. The standard InChI is InChI=1S/C28H23Cl2FN2O3S/c1-3-5-19-12-18(15-25-27(34)33-28(37-25)32-21-9-7-20(31)8-10-21)14-24(35-4-2)26(19)36-16-17-6-11-22(29)23(30)13-17/h3,6-15H,1,4-5,16H2,2H3,(H,32,33,34)/b25-15+. The molecule has 5 nitrogen and oxygen atoms in total. The average Bonchev–Trinajstić information content (AvgIpc) is 3.20. The Morgan fingerprint density at radius 3 is 2.57 bits per heavy atom. The number of amides is 1. The van der Waals surface area contributed by atoms with Crippen molar-refractivity contribution in [3.63, 3.8) is 0 Å². The molecule has 1 heterocycles. The Morgan fingerprint density at radius 1 is 1.08 bits per heavy atom. The molecule has 1 aliphatic heterocycles. The summed E-state index contributed by atoms with van der Waals surface area (Å²) in [6.07, 6.45) is 4.08. The van der Waals surface area contributed by atoms with E-state index in [2.05, 4.69) is 16.9 Å². The Balaban J connectivity index is 1.61. The number of ether oxygens (including phenoxy) is 2. The normalized spacial score (nSPS) is 15.2. The highest BCUT2D eigenvalue weighted by molar-refractivity contribution is 8.18. The van der Waals surface area contributed by atoms with Crippen LogP contribution in [0, 0.1) is 5.82 Å². The summed E-state index contributed by atoms with van der Waals surface area (Å²) in [6.45, 7) is 6.45. The Kier molecular flexibility index (Phi) is 8.92. The van der Waals surface area contributed by atoms with Gasteiger partial charge in [-0.05, 0) is 90.8 Å². The van der Waals surface area contributed by atoms with Gasteiger partial charge in [0.15, 0.2) is 16.7 Å². The van der Waals surface area contributed by atoms with Gasteiger partial charge in [0, 0.05) is 5.56 Å². The van der Waals surface area contributed by atoms with Crippen molar-refractivity contribution in [3.05, 3.63) is 105 Å². The van der Waals surface area contributed by atoms with E-state index in [0.29, 0.717) is 50.3 Å². The minimum atomic E-state index is -0.350. The van der Waals surface area contributed by atoms with Crippen LogP contribution in [0.3, 0.4) is 0 Å². The number of halogens is 3. The molecule has 0 atom stereocenters. The topological polar surface area (TPSA) is 59.9 Å². The molecule has 1 fully saturated rings. The first-order valence-electron chi connectivity index (χ1n) is 11.4. The van der Waals surface area contributed by atoms with E-state index >= 15 is 0 Å². The molecule has 3 aromatic carbocycles. The SMILES string of the molecule is C=CCc1cc(/C=C2/SC(=Nc3ccc(F)cc3)NC2=O)cc(OCC)c1OCc1ccc(Cl)c(Cl)c1. The van der Waals surface area contributed by atoms with Crippen LogP contribution in [0.4, 0.5) is 10.1 Å². The summed E-state index contributed by atoms with van der Waals surface area (Å²) < 4.78 is 25.2. The molecule has 37 heavy (non-hydrogen) atoms. The fourth-order valence-corrected chi connectivity index (χ4v) is 4.71.